The first-order valence-corrected chi connectivity index (χ1v) is 7.01. The molecule has 0 aliphatic heterocycles. The van der Waals surface area contributed by atoms with E-state index in [1.54, 1.807) is 6.92 Å². The van der Waals surface area contributed by atoms with Crippen LogP contribution in [0.3, 0.4) is 0 Å². The Hall–Kier alpha value is -0.920. The second kappa shape index (κ2) is 4.08. The minimum absolute atomic E-state index is 0.0734. The summed E-state index contributed by atoms with van der Waals surface area (Å²) in [5.74, 6) is 0. The van der Waals surface area contributed by atoms with Crippen LogP contribution in [0.15, 0.2) is 4.90 Å². The van der Waals surface area contributed by atoms with Gasteiger partial charge in [0.1, 0.15) is 10.6 Å². The van der Waals surface area contributed by atoms with Gasteiger partial charge in [-0.25, -0.2) is 13.1 Å². The second-order valence-corrected chi connectivity index (χ2v) is 6.62. The lowest BCUT2D eigenvalue weighted by atomic mass is 10.2. The summed E-state index contributed by atoms with van der Waals surface area (Å²) in [6.07, 6.45) is 2.10. The first-order valence-electron chi connectivity index (χ1n) is 5.52. The molecule has 2 rings (SSSR count). The Morgan fingerprint density at radius 2 is 2.18 bits per heavy atom. The molecule has 1 fully saturated rings. The fraction of sp³-hybridized carbons (Fsp3) is 0.700. The van der Waals surface area contributed by atoms with Gasteiger partial charge < -0.3 is 5.11 Å². The van der Waals surface area contributed by atoms with Gasteiger partial charge in [-0.3, -0.25) is 5.10 Å². The number of aromatic nitrogens is 2. The van der Waals surface area contributed by atoms with E-state index < -0.39 is 16.6 Å². The van der Waals surface area contributed by atoms with Crippen molar-refractivity contribution in [2.24, 2.45) is 5.41 Å². The van der Waals surface area contributed by atoms with E-state index in [0.717, 1.165) is 12.8 Å². The van der Waals surface area contributed by atoms with Crippen molar-refractivity contribution in [3.63, 3.8) is 0 Å². The van der Waals surface area contributed by atoms with Crippen molar-refractivity contribution in [3.05, 3.63) is 11.4 Å². The molecular weight excluding hydrogens is 242 g/mol. The van der Waals surface area contributed by atoms with Gasteiger partial charge in [0.2, 0.25) is 10.0 Å². The van der Waals surface area contributed by atoms with Crippen molar-refractivity contribution >= 4 is 10.0 Å². The Balaban J connectivity index is 2.21. The zero-order chi connectivity index (χ0) is 12.7. The SMILES string of the molecule is Cc1[nH]nc(CO)c1S(=O)(=O)NCC1(C)CC1. The van der Waals surface area contributed by atoms with Gasteiger partial charge in [0, 0.05) is 6.54 Å². The molecule has 1 aromatic heterocycles. The highest BCUT2D eigenvalue weighted by Crippen LogP contribution is 2.44. The zero-order valence-electron chi connectivity index (χ0n) is 9.95. The molecule has 0 bridgehead atoms. The number of sulfonamides is 1. The summed E-state index contributed by atoms with van der Waals surface area (Å²) in [4.78, 5) is 0.0734. The quantitative estimate of drug-likeness (QED) is 0.708. The van der Waals surface area contributed by atoms with Crippen molar-refractivity contribution in [1.82, 2.24) is 14.9 Å². The standard InChI is InChI=1S/C10H17N3O3S/c1-7-9(8(5-14)13-12-7)17(15,16)11-6-10(2)3-4-10/h11,14H,3-6H2,1-2H3,(H,12,13). The molecule has 0 amide bonds. The van der Waals surface area contributed by atoms with Crippen LogP contribution < -0.4 is 4.72 Å². The number of hydrogen-bond donors (Lipinski definition) is 3. The fourth-order valence-electron chi connectivity index (χ4n) is 1.66. The third kappa shape index (κ3) is 2.51. The van der Waals surface area contributed by atoms with Crippen LogP contribution in [0, 0.1) is 12.3 Å². The highest BCUT2D eigenvalue weighted by molar-refractivity contribution is 7.89. The topological polar surface area (TPSA) is 95.1 Å². The van der Waals surface area contributed by atoms with E-state index in [9.17, 15) is 8.42 Å². The number of aryl methyl sites for hydroxylation is 1. The van der Waals surface area contributed by atoms with E-state index >= 15 is 0 Å². The van der Waals surface area contributed by atoms with Crippen molar-refractivity contribution < 1.29 is 13.5 Å². The third-order valence-corrected chi connectivity index (χ3v) is 4.78. The number of aliphatic hydroxyl groups excluding tert-OH is 1. The van der Waals surface area contributed by atoms with Crippen LogP contribution in [0.2, 0.25) is 0 Å². The van der Waals surface area contributed by atoms with E-state index in [4.69, 9.17) is 5.11 Å². The number of aliphatic hydroxyl groups is 1. The number of hydrogen-bond acceptors (Lipinski definition) is 4. The molecule has 0 aromatic carbocycles. The molecule has 0 spiro atoms. The minimum Gasteiger partial charge on any atom is -0.390 e. The van der Waals surface area contributed by atoms with Gasteiger partial charge in [-0.1, -0.05) is 6.92 Å². The molecule has 6 nitrogen and oxygen atoms in total. The molecule has 17 heavy (non-hydrogen) atoms. The average Bonchev–Trinajstić information content (AvgIpc) is 2.87. The molecule has 1 saturated carbocycles. The van der Waals surface area contributed by atoms with Crippen LogP contribution in [-0.4, -0.2) is 30.3 Å². The summed E-state index contributed by atoms with van der Waals surface area (Å²) in [5.41, 5.74) is 0.711. The fourth-order valence-corrected chi connectivity index (χ4v) is 3.22. The molecule has 7 heteroatoms. The van der Waals surface area contributed by atoms with E-state index in [1.807, 2.05) is 6.92 Å². The molecule has 0 saturated heterocycles. The monoisotopic (exact) mass is 259 g/mol. The Morgan fingerprint density at radius 3 is 2.71 bits per heavy atom. The summed E-state index contributed by atoms with van der Waals surface area (Å²) in [5, 5.41) is 15.4. The molecule has 1 aliphatic rings. The molecule has 0 atom stereocenters. The first kappa shape index (κ1) is 12.5. The largest absolute Gasteiger partial charge is 0.390 e. The van der Waals surface area contributed by atoms with Gasteiger partial charge in [-0.05, 0) is 25.2 Å². The lowest BCUT2D eigenvalue weighted by molar-refractivity contribution is 0.273. The van der Waals surface area contributed by atoms with Gasteiger partial charge in [0.15, 0.2) is 0 Å². The Morgan fingerprint density at radius 1 is 1.53 bits per heavy atom. The van der Waals surface area contributed by atoms with Crippen molar-refractivity contribution in [3.8, 4) is 0 Å². The lowest BCUT2D eigenvalue weighted by Gasteiger charge is -2.11. The predicted octanol–water partition coefficient (Wildman–Crippen LogP) is 0.289. The summed E-state index contributed by atoms with van der Waals surface area (Å²) in [6.45, 7) is 3.72. The minimum atomic E-state index is -3.59. The molecular formula is C10H17N3O3S. The van der Waals surface area contributed by atoms with Gasteiger partial charge in [-0.2, -0.15) is 5.10 Å². The lowest BCUT2D eigenvalue weighted by Crippen LogP contribution is -2.30. The second-order valence-electron chi connectivity index (χ2n) is 4.92. The number of nitrogens with one attached hydrogen (secondary N) is 2. The van der Waals surface area contributed by atoms with Crippen LogP contribution in [0.1, 0.15) is 31.2 Å². The Bertz CT molecular complexity index is 517. The Kier molecular flexibility index (Phi) is 3.01. The van der Waals surface area contributed by atoms with Crippen molar-refractivity contribution in [1.29, 1.82) is 0 Å². The smallest absolute Gasteiger partial charge is 0.244 e. The molecule has 1 heterocycles. The maximum atomic E-state index is 12.1. The van der Waals surface area contributed by atoms with Crippen LogP contribution >= 0.6 is 0 Å². The predicted molar refractivity (Wildman–Crippen MR) is 61.8 cm³/mol. The van der Waals surface area contributed by atoms with Gasteiger partial charge >= 0.3 is 0 Å². The van der Waals surface area contributed by atoms with E-state index in [1.165, 1.54) is 0 Å². The summed E-state index contributed by atoms with van der Waals surface area (Å²) in [6, 6.07) is 0. The molecule has 0 unspecified atom stereocenters. The molecule has 96 valence electrons. The van der Waals surface area contributed by atoms with Gasteiger partial charge in [0.05, 0.1) is 12.3 Å². The Labute approximate surface area is 100 Å². The van der Waals surface area contributed by atoms with E-state index in [2.05, 4.69) is 14.9 Å². The third-order valence-electron chi connectivity index (χ3n) is 3.17. The summed E-state index contributed by atoms with van der Waals surface area (Å²) >= 11 is 0. The molecule has 1 aromatic rings. The van der Waals surface area contributed by atoms with Crippen LogP contribution in [0.4, 0.5) is 0 Å². The van der Waals surface area contributed by atoms with Crippen LogP contribution in [0.5, 0.6) is 0 Å². The van der Waals surface area contributed by atoms with Crippen molar-refractivity contribution in [2.45, 2.75) is 38.2 Å². The summed E-state index contributed by atoms with van der Waals surface area (Å²) in [7, 11) is -3.59. The summed E-state index contributed by atoms with van der Waals surface area (Å²) < 4.78 is 26.8. The van der Waals surface area contributed by atoms with Crippen LogP contribution in [-0.2, 0) is 16.6 Å². The normalized spacial score (nSPS) is 18.3. The highest BCUT2D eigenvalue weighted by atomic mass is 32.2. The van der Waals surface area contributed by atoms with Gasteiger partial charge in [-0.15, -0.1) is 0 Å². The number of H-pyrrole nitrogens is 1. The zero-order valence-corrected chi connectivity index (χ0v) is 10.8. The molecule has 0 radical (unpaired) electrons. The number of rotatable bonds is 5. The van der Waals surface area contributed by atoms with Crippen molar-refractivity contribution in [2.75, 3.05) is 6.54 Å². The van der Waals surface area contributed by atoms with Crippen LogP contribution in [0.25, 0.3) is 0 Å². The van der Waals surface area contributed by atoms with Gasteiger partial charge in [0.25, 0.3) is 0 Å². The maximum absolute atomic E-state index is 12.1. The average molecular weight is 259 g/mol. The molecule has 3 N–H and O–H groups in total. The number of aromatic amines is 1. The maximum Gasteiger partial charge on any atom is 0.244 e. The van der Waals surface area contributed by atoms with E-state index in [0.29, 0.717) is 12.2 Å². The number of nitrogens with zero attached hydrogens (tertiary/aromatic N) is 1. The van der Waals surface area contributed by atoms with E-state index in [-0.39, 0.29) is 16.0 Å². The first-order chi connectivity index (χ1) is 7.88. The molecule has 1 aliphatic carbocycles. The highest BCUT2D eigenvalue weighted by Gasteiger charge is 2.38.